The molecule has 2 aromatic carbocycles. The number of rotatable bonds is 8. The van der Waals surface area contributed by atoms with E-state index in [0.717, 1.165) is 27.2 Å². The molecule has 9 heteroatoms. The average molecular weight is 469 g/mol. The van der Waals surface area contributed by atoms with E-state index in [1.165, 1.54) is 7.11 Å². The Morgan fingerprint density at radius 1 is 1.09 bits per heavy atom. The average Bonchev–Trinajstić information content (AvgIpc) is 3.38. The number of aliphatic hydroxyl groups is 1. The summed E-state index contributed by atoms with van der Waals surface area (Å²) in [5, 5.41) is 21.6. The summed E-state index contributed by atoms with van der Waals surface area (Å²) in [5.41, 5.74) is 4.49. The number of methoxy groups -OCH3 is 1. The predicted molar refractivity (Wildman–Crippen MR) is 122 cm³/mol. The molecule has 0 bridgehead atoms. The molecular formula is C25H28N2O7. The summed E-state index contributed by atoms with van der Waals surface area (Å²) in [4.78, 5) is 37.5. The van der Waals surface area contributed by atoms with E-state index in [1.54, 1.807) is 0 Å². The zero-order valence-electron chi connectivity index (χ0n) is 18.8. The lowest BCUT2D eigenvalue weighted by molar-refractivity contribution is -0.149. The second-order valence-corrected chi connectivity index (χ2v) is 8.56. The summed E-state index contributed by atoms with van der Waals surface area (Å²) in [6.45, 7) is 0.154. The number of carbonyl (C=O) groups excluding carboxylic acids is 2. The van der Waals surface area contributed by atoms with E-state index in [2.05, 4.69) is 17.4 Å². The molecule has 0 spiro atoms. The summed E-state index contributed by atoms with van der Waals surface area (Å²) in [7, 11) is 1.41. The number of nitrogens with zero attached hydrogens (tertiary/aromatic N) is 1. The van der Waals surface area contributed by atoms with E-state index in [1.807, 2.05) is 36.4 Å². The largest absolute Gasteiger partial charge is 0.480 e. The Bertz CT molecular complexity index is 1030. The van der Waals surface area contributed by atoms with E-state index >= 15 is 0 Å². The summed E-state index contributed by atoms with van der Waals surface area (Å²) in [6, 6.07) is 15.0. The number of likely N-dealkylation sites (tertiary alicyclic amines) is 1. The van der Waals surface area contributed by atoms with Gasteiger partial charge in [-0.1, -0.05) is 48.5 Å². The van der Waals surface area contributed by atoms with Crippen LogP contribution in [0, 0.1) is 0 Å². The molecule has 1 aliphatic heterocycles. The van der Waals surface area contributed by atoms with Crippen molar-refractivity contribution in [3.8, 4) is 11.1 Å². The maximum absolute atomic E-state index is 12.6. The molecule has 2 aromatic rings. The minimum absolute atomic E-state index is 0.00325. The van der Waals surface area contributed by atoms with Crippen molar-refractivity contribution in [2.24, 2.45) is 0 Å². The van der Waals surface area contributed by atoms with E-state index in [0.29, 0.717) is 0 Å². The van der Waals surface area contributed by atoms with Crippen LogP contribution in [0.15, 0.2) is 48.5 Å². The van der Waals surface area contributed by atoms with Gasteiger partial charge < -0.3 is 29.9 Å². The van der Waals surface area contributed by atoms with Crippen molar-refractivity contribution in [1.82, 2.24) is 10.2 Å². The molecule has 1 aliphatic carbocycles. The molecule has 1 heterocycles. The molecule has 34 heavy (non-hydrogen) atoms. The van der Waals surface area contributed by atoms with Crippen LogP contribution in [0.1, 0.15) is 29.9 Å². The first-order chi connectivity index (χ1) is 16.4. The number of carboxylic acids is 1. The van der Waals surface area contributed by atoms with Gasteiger partial charge >= 0.3 is 12.1 Å². The molecule has 1 saturated heterocycles. The van der Waals surface area contributed by atoms with Gasteiger partial charge in [-0.3, -0.25) is 4.79 Å². The van der Waals surface area contributed by atoms with Crippen molar-refractivity contribution in [1.29, 1.82) is 0 Å². The number of hydrogen-bond donors (Lipinski definition) is 3. The van der Waals surface area contributed by atoms with E-state index in [-0.39, 0.29) is 38.5 Å². The highest BCUT2D eigenvalue weighted by molar-refractivity contribution is 5.85. The van der Waals surface area contributed by atoms with Crippen LogP contribution in [0.25, 0.3) is 11.1 Å². The van der Waals surface area contributed by atoms with Gasteiger partial charge in [-0.05, 0) is 22.3 Å². The Morgan fingerprint density at radius 2 is 1.71 bits per heavy atom. The number of β-amino-alcohol motifs (C(OH)–C–C–N with tert-alkyl or cyclic N) is 1. The van der Waals surface area contributed by atoms with Gasteiger partial charge in [-0.15, -0.1) is 0 Å². The van der Waals surface area contributed by atoms with Gasteiger partial charge in [0.1, 0.15) is 12.6 Å². The molecule has 9 nitrogen and oxygen atoms in total. The number of carbonyl (C=O) groups is 3. The van der Waals surface area contributed by atoms with Crippen LogP contribution < -0.4 is 5.32 Å². The fourth-order valence-electron chi connectivity index (χ4n) is 4.72. The number of aliphatic hydroxyl groups excluding tert-OH is 1. The van der Waals surface area contributed by atoms with Crippen LogP contribution >= 0.6 is 0 Å². The first-order valence-corrected chi connectivity index (χ1v) is 11.2. The topological polar surface area (TPSA) is 125 Å². The molecule has 180 valence electrons. The third kappa shape index (κ3) is 4.90. The summed E-state index contributed by atoms with van der Waals surface area (Å²) in [6.07, 6.45) is -2.30. The number of fused-ring (bicyclic) bond motifs is 3. The number of hydrogen-bond acceptors (Lipinski definition) is 6. The van der Waals surface area contributed by atoms with Crippen LogP contribution in [0.4, 0.5) is 4.79 Å². The molecule has 3 N–H and O–H groups in total. The maximum atomic E-state index is 12.6. The van der Waals surface area contributed by atoms with Crippen LogP contribution in [-0.2, 0) is 19.1 Å². The Hall–Kier alpha value is -3.43. The lowest BCUT2D eigenvalue weighted by atomic mass is 9.98. The normalized spacial score (nSPS) is 19.9. The summed E-state index contributed by atoms with van der Waals surface area (Å²) < 4.78 is 10.8. The van der Waals surface area contributed by atoms with Crippen LogP contribution in [0.5, 0.6) is 0 Å². The van der Waals surface area contributed by atoms with Gasteiger partial charge in [-0.2, -0.15) is 0 Å². The number of benzene rings is 2. The van der Waals surface area contributed by atoms with Crippen molar-refractivity contribution >= 4 is 18.0 Å². The third-order valence-electron chi connectivity index (χ3n) is 6.44. The van der Waals surface area contributed by atoms with Gasteiger partial charge in [0.25, 0.3) is 0 Å². The summed E-state index contributed by atoms with van der Waals surface area (Å²) in [5.74, 6) is -1.67. The standard InChI is InChI=1S/C25H28N2O7/c1-33-16(11-23(29)27-13-15(28)10-22(27)24(30)31)12-26-25(32)34-14-21-19-8-4-2-6-17(19)18-7-3-5-9-20(18)21/h2-9,15-16,21-22,28H,10-14H2,1H3,(H,26,32)(H,30,31)/t15-,16?,22-/m1/s1. The third-order valence-corrected chi connectivity index (χ3v) is 6.44. The minimum Gasteiger partial charge on any atom is -0.480 e. The van der Waals surface area contributed by atoms with E-state index in [9.17, 15) is 24.6 Å². The Morgan fingerprint density at radius 3 is 2.29 bits per heavy atom. The highest BCUT2D eigenvalue weighted by atomic mass is 16.5. The maximum Gasteiger partial charge on any atom is 0.407 e. The zero-order valence-corrected chi connectivity index (χ0v) is 18.8. The second kappa shape index (κ2) is 10.2. The first-order valence-electron chi connectivity index (χ1n) is 11.2. The van der Waals surface area contributed by atoms with Gasteiger partial charge in [-0.25, -0.2) is 9.59 Å². The molecule has 2 amide bonds. The van der Waals surface area contributed by atoms with Crippen molar-refractivity contribution in [2.45, 2.75) is 37.0 Å². The monoisotopic (exact) mass is 468 g/mol. The molecule has 4 rings (SSSR count). The fourth-order valence-corrected chi connectivity index (χ4v) is 4.72. The van der Waals surface area contributed by atoms with Crippen molar-refractivity contribution in [3.63, 3.8) is 0 Å². The van der Waals surface area contributed by atoms with Crippen molar-refractivity contribution in [2.75, 3.05) is 26.8 Å². The zero-order chi connectivity index (χ0) is 24.2. The highest BCUT2D eigenvalue weighted by Gasteiger charge is 2.39. The number of nitrogens with one attached hydrogen (secondary N) is 1. The number of aliphatic carboxylic acids is 1. The first kappa shape index (κ1) is 23.7. The van der Waals surface area contributed by atoms with Crippen molar-refractivity contribution < 1.29 is 34.1 Å². The Balaban J connectivity index is 1.30. The van der Waals surface area contributed by atoms with Gasteiger partial charge in [0.2, 0.25) is 5.91 Å². The molecule has 1 fully saturated rings. The van der Waals surface area contributed by atoms with Crippen LogP contribution in [0.2, 0.25) is 0 Å². The molecule has 3 atom stereocenters. The van der Waals surface area contributed by atoms with E-state index < -0.39 is 36.2 Å². The molecule has 1 unspecified atom stereocenters. The number of amides is 2. The van der Waals surface area contributed by atoms with E-state index in [4.69, 9.17) is 9.47 Å². The lowest BCUT2D eigenvalue weighted by Gasteiger charge is -2.24. The molecule has 0 aromatic heterocycles. The molecular weight excluding hydrogens is 440 g/mol. The van der Waals surface area contributed by atoms with Crippen LogP contribution in [0.3, 0.4) is 0 Å². The number of alkyl carbamates (subject to hydrolysis) is 1. The predicted octanol–water partition coefficient (Wildman–Crippen LogP) is 1.98. The Labute approximate surface area is 197 Å². The second-order valence-electron chi connectivity index (χ2n) is 8.56. The SMILES string of the molecule is COC(CNC(=O)OCC1c2ccccc2-c2ccccc21)CC(=O)N1C[C@H](O)C[C@@H]1C(=O)O. The summed E-state index contributed by atoms with van der Waals surface area (Å²) >= 11 is 0. The minimum atomic E-state index is -1.16. The quantitative estimate of drug-likeness (QED) is 0.541. The molecule has 2 aliphatic rings. The molecule has 0 saturated carbocycles. The van der Waals surface area contributed by atoms with Crippen molar-refractivity contribution in [3.05, 3.63) is 59.7 Å². The smallest absolute Gasteiger partial charge is 0.407 e. The lowest BCUT2D eigenvalue weighted by Crippen LogP contribution is -2.43. The van der Waals surface area contributed by atoms with Gasteiger partial charge in [0.05, 0.1) is 18.6 Å². The van der Waals surface area contributed by atoms with Gasteiger partial charge in [0.15, 0.2) is 0 Å². The number of ether oxygens (including phenoxy) is 2. The highest BCUT2D eigenvalue weighted by Crippen LogP contribution is 2.44. The van der Waals surface area contributed by atoms with Crippen LogP contribution in [-0.4, -0.2) is 78.1 Å². The number of carboxylic acid groups (broad SMARTS) is 1. The van der Waals surface area contributed by atoms with Gasteiger partial charge in [0, 0.05) is 32.5 Å². The Kier molecular flexibility index (Phi) is 7.14. The fraction of sp³-hybridized carbons (Fsp3) is 0.400. The molecule has 0 radical (unpaired) electrons.